The molecule has 0 radical (unpaired) electrons. The molecule has 12 heteroatoms. The summed E-state index contributed by atoms with van der Waals surface area (Å²) in [5.74, 6) is -0.427. The number of nitrogens with one attached hydrogen (secondary N) is 3. The number of methoxy groups -OCH3 is 1. The molecule has 0 aromatic carbocycles. The second-order valence-corrected chi connectivity index (χ2v) is 9.50. The first kappa shape index (κ1) is 27.6. The van der Waals surface area contributed by atoms with Gasteiger partial charge >= 0.3 is 0 Å². The van der Waals surface area contributed by atoms with Gasteiger partial charge in [0.25, 0.3) is 5.91 Å². The topological polar surface area (TPSA) is 127 Å². The van der Waals surface area contributed by atoms with Gasteiger partial charge in [0.1, 0.15) is 22.4 Å². The predicted octanol–water partition coefficient (Wildman–Crippen LogP) is 3.90. The summed E-state index contributed by atoms with van der Waals surface area (Å²) in [6.45, 7) is 4.81. The standard InChI is InChI=1S/C24H31Cl2N7O3/c1-4-17-22(15(2)31-32-17)16-8-9-21(27-14-16)30-23(34)18(6-5-7-20(25)26)29-24(35)19-10-11-28-33(19)12-13-36-3/h8-11,14,18,20H,4-7,12-13H2,1-3H3,(H,29,35)(H,31,32)(H,27,30,34). The number of amides is 2. The molecule has 194 valence electrons. The fourth-order valence-corrected chi connectivity index (χ4v) is 4.11. The van der Waals surface area contributed by atoms with Crippen LogP contribution in [-0.2, 0) is 22.5 Å². The number of rotatable bonds is 13. The lowest BCUT2D eigenvalue weighted by Gasteiger charge is -2.19. The molecule has 3 N–H and O–H groups in total. The van der Waals surface area contributed by atoms with Gasteiger partial charge in [-0.05, 0) is 50.8 Å². The fraction of sp³-hybridized carbons (Fsp3) is 0.458. The number of carbonyl (C=O) groups is 2. The Labute approximate surface area is 220 Å². The van der Waals surface area contributed by atoms with Crippen LogP contribution in [0.3, 0.4) is 0 Å². The molecule has 36 heavy (non-hydrogen) atoms. The molecule has 2 amide bonds. The van der Waals surface area contributed by atoms with Crippen LogP contribution in [0.15, 0.2) is 30.6 Å². The highest BCUT2D eigenvalue weighted by atomic mass is 35.5. The van der Waals surface area contributed by atoms with Crippen molar-refractivity contribution < 1.29 is 14.3 Å². The maximum atomic E-state index is 13.1. The Bertz CT molecular complexity index is 1150. The minimum atomic E-state index is -0.820. The maximum absolute atomic E-state index is 13.1. The van der Waals surface area contributed by atoms with E-state index in [1.165, 1.54) is 10.9 Å². The molecule has 0 saturated heterocycles. The van der Waals surface area contributed by atoms with E-state index in [2.05, 4.69) is 30.9 Å². The van der Waals surface area contributed by atoms with Gasteiger partial charge in [0.2, 0.25) is 5.91 Å². The molecule has 1 atom stereocenters. The highest BCUT2D eigenvalue weighted by molar-refractivity contribution is 6.44. The van der Waals surface area contributed by atoms with Crippen LogP contribution in [0.25, 0.3) is 11.1 Å². The Morgan fingerprint density at radius 2 is 2.03 bits per heavy atom. The summed E-state index contributed by atoms with van der Waals surface area (Å²) in [5, 5.41) is 17.1. The lowest BCUT2D eigenvalue weighted by Crippen LogP contribution is -2.44. The average Bonchev–Trinajstić information content (AvgIpc) is 3.48. The number of hydrogen-bond acceptors (Lipinski definition) is 6. The number of alkyl halides is 2. The van der Waals surface area contributed by atoms with E-state index < -0.39 is 16.8 Å². The van der Waals surface area contributed by atoms with Crippen molar-refractivity contribution in [3.8, 4) is 11.1 Å². The predicted molar refractivity (Wildman–Crippen MR) is 139 cm³/mol. The lowest BCUT2D eigenvalue weighted by atomic mass is 10.0. The number of pyridine rings is 1. The number of aryl methyl sites for hydroxylation is 2. The highest BCUT2D eigenvalue weighted by Crippen LogP contribution is 2.26. The number of nitrogens with zero attached hydrogens (tertiary/aromatic N) is 4. The summed E-state index contributed by atoms with van der Waals surface area (Å²) in [6.07, 6.45) is 5.40. The SMILES string of the molecule is CCc1n[nH]c(C)c1-c1ccc(NC(=O)C(CCCC(Cl)Cl)NC(=O)c2ccnn2CCOC)nc1. The van der Waals surface area contributed by atoms with Gasteiger partial charge in [0, 0.05) is 36.3 Å². The van der Waals surface area contributed by atoms with Crippen LogP contribution >= 0.6 is 23.2 Å². The van der Waals surface area contributed by atoms with E-state index in [-0.39, 0.29) is 5.91 Å². The van der Waals surface area contributed by atoms with Crippen LogP contribution in [0.4, 0.5) is 5.82 Å². The number of ether oxygens (including phenoxy) is 1. The summed E-state index contributed by atoms with van der Waals surface area (Å²) in [7, 11) is 1.57. The van der Waals surface area contributed by atoms with E-state index in [1.807, 2.05) is 19.9 Å². The Morgan fingerprint density at radius 3 is 2.69 bits per heavy atom. The minimum Gasteiger partial charge on any atom is -0.383 e. The molecule has 0 aliphatic heterocycles. The Hall–Kier alpha value is -2.95. The van der Waals surface area contributed by atoms with Gasteiger partial charge in [0.15, 0.2) is 0 Å². The van der Waals surface area contributed by atoms with Crippen molar-refractivity contribution in [3.05, 3.63) is 47.7 Å². The smallest absolute Gasteiger partial charge is 0.270 e. The molecule has 1 unspecified atom stereocenters. The van der Waals surface area contributed by atoms with E-state index in [0.717, 1.165) is 28.9 Å². The lowest BCUT2D eigenvalue weighted by molar-refractivity contribution is -0.118. The summed E-state index contributed by atoms with van der Waals surface area (Å²) < 4.78 is 6.60. The molecule has 0 aliphatic carbocycles. The number of hydrogen-bond donors (Lipinski definition) is 3. The molecule has 3 rings (SSSR count). The number of H-pyrrole nitrogens is 1. The van der Waals surface area contributed by atoms with Gasteiger partial charge in [-0.25, -0.2) is 4.98 Å². The van der Waals surface area contributed by atoms with E-state index in [0.29, 0.717) is 43.9 Å². The van der Waals surface area contributed by atoms with Crippen LogP contribution in [-0.4, -0.2) is 61.4 Å². The van der Waals surface area contributed by atoms with E-state index in [9.17, 15) is 9.59 Å². The largest absolute Gasteiger partial charge is 0.383 e. The van der Waals surface area contributed by atoms with Crippen molar-refractivity contribution >= 4 is 40.8 Å². The van der Waals surface area contributed by atoms with Crippen LogP contribution in [0.2, 0.25) is 0 Å². The zero-order valence-electron chi connectivity index (χ0n) is 20.6. The van der Waals surface area contributed by atoms with Crippen molar-refractivity contribution in [1.29, 1.82) is 0 Å². The third-order valence-electron chi connectivity index (χ3n) is 5.65. The van der Waals surface area contributed by atoms with Crippen molar-refractivity contribution in [1.82, 2.24) is 30.3 Å². The first-order valence-electron chi connectivity index (χ1n) is 11.7. The van der Waals surface area contributed by atoms with Crippen molar-refractivity contribution in [2.75, 3.05) is 19.0 Å². The second-order valence-electron chi connectivity index (χ2n) is 8.23. The molecule has 0 spiro atoms. The molecule has 0 fully saturated rings. The van der Waals surface area contributed by atoms with Gasteiger partial charge < -0.3 is 15.4 Å². The van der Waals surface area contributed by atoms with E-state index in [4.69, 9.17) is 27.9 Å². The van der Waals surface area contributed by atoms with Crippen molar-refractivity contribution in [2.24, 2.45) is 0 Å². The summed E-state index contributed by atoms with van der Waals surface area (Å²) in [4.78, 5) is 29.9. The minimum absolute atomic E-state index is 0.335. The fourth-order valence-electron chi connectivity index (χ4n) is 3.81. The zero-order valence-corrected chi connectivity index (χ0v) is 22.1. The molecule has 3 heterocycles. The number of carbonyl (C=O) groups excluding carboxylic acids is 2. The Balaban J connectivity index is 1.72. The van der Waals surface area contributed by atoms with E-state index in [1.54, 1.807) is 25.4 Å². The van der Waals surface area contributed by atoms with Gasteiger partial charge in [-0.2, -0.15) is 10.2 Å². The number of aromatic amines is 1. The highest BCUT2D eigenvalue weighted by Gasteiger charge is 2.24. The Kier molecular flexibility index (Phi) is 10.3. The maximum Gasteiger partial charge on any atom is 0.270 e. The van der Waals surface area contributed by atoms with Gasteiger partial charge in [-0.1, -0.05) is 6.92 Å². The van der Waals surface area contributed by atoms with Crippen LogP contribution in [0.5, 0.6) is 0 Å². The molecule has 10 nitrogen and oxygen atoms in total. The second kappa shape index (κ2) is 13.4. The summed E-state index contributed by atoms with van der Waals surface area (Å²) in [5.41, 5.74) is 4.16. The third kappa shape index (κ3) is 7.28. The monoisotopic (exact) mass is 535 g/mol. The number of aromatic nitrogens is 5. The van der Waals surface area contributed by atoms with Crippen molar-refractivity contribution in [2.45, 2.75) is 57.0 Å². The average molecular weight is 536 g/mol. The van der Waals surface area contributed by atoms with Crippen LogP contribution in [0, 0.1) is 6.92 Å². The molecular formula is C24H31Cl2N7O3. The first-order chi connectivity index (χ1) is 17.3. The molecule has 0 saturated carbocycles. The third-order valence-corrected chi connectivity index (χ3v) is 6.09. The number of halogens is 2. The molecule has 3 aromatic rings. The zero-order chi connectivity index (χ0) is 26.1. The summed E-state index contributed by atoms with van der Waals surface area (Å²) >= 11 is 11.7. The normalized spacial score (nSPS) is 12.1. The van der Waals surface area contributed by atoms with Gasteiger partial charge in [-0.15, -0.1) is 23.2 Å². The van der Waals surface area contributed by atoms with Crippen LogP contribution in [0.1, 0.15) is 48.1 Å². The Morgan fingerprint density at radius 1 is 1.22 bits per heavy atom. The quantitative estimate of drug-likeness (QED) is 0.285. The van der Waals surface area contributed by atoms with Crippen molar-refractivity contribution in [3.63, 3.8) is 0 Å². The van der Waals surface area contributed by atoms with Gasteiger partial charge in [-0.3, -0.25) is 19.4 Å². The molecule has 0 aliphatic rings. The molecular weight excluding hydrogens is 505 g/mol. The summed E-state index contributed by atoms with van der Waals surface area (Å²) in [6, 6.07) is 4.38. The van der Waals surface area contributed by atoms with E-state index >= 15 is 0 Å². The number of anilines is 1. The first-order valence-corrected chi connectivity index (χ1v) is 12.6. The van der Waals surface area contributed by atoms with Gasteiger partial charge in [0.05, 0.1) is 18.8 Å². The van der Waals surface area contributed by atoms with Crippen LogP contribution < -0.4 is 10.6 Å². The molecule has 0 bridgehead atoms. The molecule has 3 aromatic heterocycles.